The zero-order valence-electron chi connectivity index (χ0n) is 15.8. The average molecular weight is 402 g/mol. The lowest BCUT2D eigenvalue weighted by Gasteiger charge is -2.44. The van der Waals surface area contributed by atoms with Crippen LogP contribution in [0.15, 0.2) is 78.9 Å². The standard InChI is InChI=1S/C25H20ClNO2/c26-16-23(28)22-14-15-24(29)27(22)25(17-8-2-1-3-9-17)20-12-6-4-10-18(20)19-11-5-7-13-21(19)25/h1-13,22H,14-16H2/t22-/m0/s1. The Bertz CT molecular complexity index is 1060. The van der Waals surface area contributed by atoms with E-state index in [2.05, 4.69) is 24.3 Å². The van der Waals surface area contributed by atoms with Gasteiger partial charge in [-0.05, 0) is 34.2 Å². The number of ketones is 1. The van der Waals surface area contributed by atoms with Crippen molar-refractivity contribution in [3.8, 4) is 11.1 Å². The fourth-order valence-corrected chi connectivity index (χ4v) is 5.28. The van der Waals surface area contributed by atoms with Gasteiger partial charge in [-0.25, -0.2) is 0 Å². The van der Waals surface area contributed by atoms with Crippen molar-refractivity contribution in [1.82, 2.24) is 4.90 Å². The minimum atomic E-state index is -0.839. The van der Waals surface area contributed by atoms with E-state index in [-0.39, 0.29) is 17.6 Å². The largest absolute Gasteiger partial charge is 0.315 e. The van der Waals surface area contributed by atoms with Crippen molar-refractivity contribution in [1.29, 1.82) is 0 Å². The molecule has 3 nitrogen and oxygen atoms in total. The highest BCUT2D eigenvalue weighted by atomic mass is 35.5. The van der Waals surface area contributed by atoms with Gasteiger partial charge in [0.15, 0.2) is 5.78 Å². The number of alkyl halides is 1. The molecule has 1 heterocycles. The smallest absolute Gasteiger partial charge is 0.224 e. The zero-order valence-corrected chi connectivity index (χ0v) is 16.6. The van der Waals surface area contributed by atoms with Gasteiger partial charge in [0.05, 0.1) is 11.9 Å². The summed E-state index contributed by atoms with van der Waals surface area (Å²) in [5.41, 5.74) is 4.42. The number of hydrogen-bond acceptors (Lipinski definition) is 2. The second kappa shape index (κ2) is 6.85. The van der Waals surface area contributed by atoms with Gasteiger partial charge >= 0.3 is 0 Å². The van der Waals surface area contributed by atoms with Crippen LogP contribution in [0.2, 0.25) is 0 Å². The maximum atomic E-state index is 13.3. The number of benzene rings is 3. The lowest BCUT2D eigenvalue weighted by Crippen LogP contribution is -2.53. The third-order valence-electron chi connectivity index (χ3n) is 6.19. The van der Waals surface area contributed by atoms with Crippen molar-refractivity contribution < 1.29 is 9.59 Å². The number of Topliss-reactive ketones (excluding diaryl/α,β-unsaturated/α-hetero) is 1. The van der Waals surface area contributed by atoms with Gasteiger partial charge in [-0.15, -0.1) is 11.6 Å². The Labute approximate surface area is 174 Å². The summed E-state index contributed by atoms with van der Waals surface area (Å²) in [6.45, 7) is 0. The van der Waals surface area contributed by atoms with Crippen molar-refractivity contribution in [2.24, 2.45) is 0 Å². The van der Waals surface area contributed by atoms with E-state index in [1.54, 1.807) is 0 Å². The first-order chi connectivity index (χ1) is 14.2. The molecule has 29 heavy (non-hydrogen) atoms. The van der Waals surface area contributed by atoms with Gasteiger partial charge in [-0.2, -0.15) is 0 Å². The van der Waals surface area contributed by atoms with E-state index >= 15 is 0 Å². The van der Waals surface area contributed by atoms with Crippen LogP contribution in [-0.2, 0) is 15.1 Å². The predicted molar refractivity (Wildman–Crippen MR) is 114 cm³/mol. The van der Waals surface area contributed by atoms with Gasteiger partial charge in [-0.3, -0.25) is 9.59 Å². The first-order valence-electron chi connectivity index (χ1n) is 9.85. The lowest BCUT2D eigenvalue weighted by atomic mass is 9.78. The number of amides is 1. The van der Waals surface area contributed by atoms with Gasteiger partial charge in [0.2, 0.25) is 5.91 Å². The first-order valence-corrected chi connectivity index (χ1v) is 10.4. The Morgan fingerprint density at radius 3 is 2.03 bits per heavy atom. The summed E-state index contributed by atoms with van der Waals surface area (Å²) in [5, 5.41) is 0. The molecule has 1 saturated heterocycles. The average Bonchev–Trinajstić information content (AvgIpc) is 3.30. The fourth-order valence-electron chi connectivity index (χ4n) is 5.10. The van der Waals surface area contributed by atoms with Crippen molar-refractivity contribution >= 4 is 23.3 Å². The normalized spacial score (nSPS) is 19.1. The molecule has 1 atom stereocenters. The molecule has 0 aromatic heterocycles. The highest BCUT2D eigenvalue weighted by molar-refractivity contribution is 6.28. The van der Waals surface area contributed by atoms with E-state index in [0.29, 0.717) is 12.8 Å². The lowest BCUT2D eigenvalue weighted by molar-refractivity contribution is -0.137. The van der Waals surface area contributed by atoms with E-state index in [1.165, 1.54) is 0 Å². The van der Waals surface area contributed by atoms with Crippen LogP contribution in [0.4, 0.5) is 0 Å². The van der Waals surface area contributed by atoms with E-state index in [0.717, 1.165) is 27.8 Å². The number of rotatable bonds is 4. The molecule has 0 spiro atoms. The van der Waals surface area contributed by atoms with Gasteiger partial charge in [-0.1, -0.05) is 78.9 Å². The third kappa shape index (κ3) is 2.44. The number of fused-ring (bicyclic) bond motifs is 3. The molecule has 2 aliphatic rings. The minimum Gasteiger partial charge on any atom is -0.315 e. The second-order valence-electron chi connectivity index (χ2n) is 7.59. The van der Waals surface area contributed by atoms with Crippen molar-refractivity contribution in [3.63, 3.8) is 0 Å². The van der Waals surface area contributed by atoms with Crippen LogP contribution in [0.3, 0.4) is 0 Å². The van der Waals surface area contributed by atoms with Gasteiger partial charge in [0.25, 0.3) is 0 Å². The van der Waals surface area contributed by atoms with Crippen LogP contribution in [0, 0.1) is 0 Å². The van der Waals surface area contributed by atoms with Gasteiger partial charge < -0.3 is 4.90 Å². The molecule has 0 bridgehead atoms. The quantitative estimate of drug-likeness (QED) is 0.591. The Kier molecular flexibility index (Phi) is 4.29. The summed E-state index contributed by atoms with van der Waals surface area (Å²) in [6.07, 6.45) is 0.857. The number of carbonyl (C=O) groups is 2. The van der Waals surface area contributed by atoms with Crippen LogP contribution in [0.25, 0.3) is 11.1 Å². The van der Waals surface area contributed by atoms with Gasteiger partial charge in [0, 0.05) is 6.42 Å². The van der Waals surface area contributed by atoms with Gasteiger partial charge in [0.1, 0.15) is 5.54 Å². The molecule has 1 amide bonds. The molecule has 0 unspecified atom stereocenters. The number of hydrogen-bond donors (Lipinski definition) is 0. The summed E-state index contributed by atoms with van der Waals surface area (Å²) in [4.78, 5) is 27.9. The number of likely N-dealkylation sites (tertiary alicyclic amines) is 1. The Morgan fingerprint density at radius 1 is 0.897 bits per heavy atom. The second-order valence-corrected chi connectivity index (χ2v) is 7.85. The number of halogens is 1. The van der Waals surface area contributed by atoms with Crippen LogP contribution < -0.4 is 0 Å². The molecule has 144 valence electrons. The molecular formula is C25H20ClNO2. The molecule has 1 aliphatic heterocycles. The van der Waals surface area contributed by atoms with E-state index < -0.39 is 11.6 Å². The molecule has 1 aliphatic carbocycles. The third-order valence-corrected chi connectivity index (χ3v) is 6.46. The fraction of sp³-hybridized carbons (Fsp3) is 0.200. The molecule has 0 radical (unpaired) electrons. The van der Waals surface area contributed by atoms with Crippen molar-refractivity contribution in [2.75, 3.05) is 5.88 Å². The van der Waals surface area contributed by atoms with E-state index in [4.69, 9.17) is 11.6 Å². The topological polar surface area (TPSA) is 37.4 Å². The molecule has 0 N–H and O–H groups in total. The molecular weight excluding hydrogens is 382 g/mol. The monoisotopic (exact) mass is 401 g/mol. The Morgan fingerprint density at radius 2 is 1.45 bits per heavy atom. The number of carbonyl (C=O) groups excluding carboxylic acids is 2. The molecule has 3 aromatic rings. The summed E-state index contributed by atoms with van der Waals surface area (Å²) >= 11 is 5.96. The van der Waals surface area contributed by atoms with Crippen LogP contribution in [-0.4, -0.2) is 28.5 Å². The first kappa shape index (κ1) is 18.1. The summed E-state index contributed by atoms with van der Waals surface area (Å²) in [7, 11) is 0. The zero-order chi connectivity index (χ0) is 20.0. The van der Waals surface area contributed by atoms with Crippen molar-refractivity contribution in [3.05, 3.63) is 95.6 Å². The Balaban J connectivity index is 1.90. The number of nitrogens with zero attached hydrogens (tertiary/aromatic N) is 1. The maximum Gasteiger partial charge on any atom is 0.224 e. The molecule has 3 aromatic carbocycles. The molecule has 5 rings (SSSR count). The van der Waals surface area contributed by atoms with Crippen molar-refractivity contribution in [2.45, 2.75) is 24.4 Å². The molecule has 1 fully saturated rings. The van der Waals surface area contributed by atoms with E-state index in [1.807, 2.05) is 59.5 Å². The van der Waals surface area contributed by atoms with Crippen LogP contribution >= 0.6 is 11.6 Å². The maximum absolute atomic E-state index is 13.3. The van der Waals surface area contributed by atoms with Crippen LogP contribution in [0.5, 0.6) is 0 Å². The predicted octanol–water partition coefficient (Wildman–Crippen LogP) is 4.76. The van der Waals surface area contributed by atoms with E-state index in [9.17, 15) is 9.59 Å². The summed E-state index contributed by atoms with van der Waals surface area (Å²) in [6, 6.07) is 25.9. The van der Waals surface area contributed by atoms with Crippen LogP contribution in [0.1, 0.15) is 29.5 Å². The highest BCUT2D eigenvalue weighted by Gasteiger charge is 2.55. The summed E-state index contributed by atoms with van der Waals surface area (Å²) in [5.74, 6) is -0.207. The molecule has 0 saturated carbocycles. The minimum absolute atomic E-state index is 0.0103. The summed E-state index contributed by atoms with van der Waals surface area (Å²) < 4.78 is 0. The SMILES string of the molecule is O=C(CCl)[C@@H]1CCC(=O)N1C1(c2ccccc2)c2ccccc2-c2ccccc21. The highest BCUT2D eigenvalue weighted by Crippen LogP contribution is 2.56. The molecule has 4 heteroatoms. The Hall–Kier alpha value is -2.91.